The van der Waals surface area contributed by atoms with Gasteiger partial charge in [-0.1, -0.05) is 18.2 Å². The standard InChI is InChI=1S/C26H24N4O5/c1-3-34-25(32)18-9-11-19(12-10-18)28-26(33)29-21-6-4-5-7-22(21)35-16-20-14-24(31)30-15-17(2)8-13-23(30)27-20/h4-15H,3,16H2,1-2H3,(H2,28,29,33). The predicted octanol–water partition coefficient (Wildman–Crippen LogP) is 4.40. The molecule has 0 unspecified atom stereocenters. The van der Waals surface area contributed by atoms with Gasteiger partial charge in [0.05, 0.1) is 23.6 Å². The maximum Gasteiger partial charge on any atom is 0.338 e. The lowest BCUT2D eigenvalue weighted by Crippen LogP contribution is -2.20. The number of hydrogen-bond donors (Lipinski definition) is 2. The number of pyridine rings is 1. The minimum atomic E-state index is -0.484. The van der Waals surface area contributed by atoms with E-state index in [0.717, 1.165) is 5.56 Å². The van der Waals surface area contributed by atoms with E-state index >= 15 is 0 Å². The van der Waals surface area contributed by atoms with E-state index in [-0.39, 0.29) is 18.8 Å². The van der Waals surface area contributed by atoms with Crippen LogP contribution in [0.2, 0.25) is 0 Å². The molecular formula is C26H24N4O5. The van der Waals surface area contributed by atoms with Crippen LogP contribution in [-0.2, 0) is 11.3 Å². The van der Waals surface area contributed by atoms with E-state index in [2.05, 4.69) is 15.6 Å². The number of amides is 2. The highest BCUT2D eigenvalue weighted by atomic mass is 16.5. The predicted molar refractivity (Wildman–Crippen MR) is 132 cm³/mol. The molecule has 0 saturated heterocycles. The van der Waals surface area contributed by atoms with E-state index < -0.39 is 12.0 Å². The Morgan fingerprint density at radius 1 is 1.00 bits per heavy atom. The number of carbonyl (C=O) groups excluding carboxylic acids is 2. The molecule has 0 fully saturated rings. The van der Waals surface area contributed by atoms with Crippen molar-refractivity contribution in [1.29, 1.82) is 0 Å². The number of benzene rings is 2. The van der Waals surface area contributed by atoms with E-state index in [1.807, 2.05) is 13.0 Å². The number of hydrogen-bond acceptors (Lipinski definition) is 6. The molecule has 4 aromatic rings. The van der Waals surface area contributed by atoms with E-state index in [9.17, 15) is 14.4 Å². The van der Waals surface area contributed by atoms with Crippen LogP contribution >= 0.6 is 0 Å². The number of rotatable bonds is 7. The third-order valence-corrected chi connectivity index (χ3v) is 5.03. The first-order valence-corrected chi connectivity index (χ1v) is 11.0. The lowest BCUT2D eigenvalue weighted by molar-refractivity contribution is 0.0526. The first kappa shape index (κ1) is 23.5. The van der Waals surface area contributed by atoms with E-state index in [1.165, 1.54) is 10.5 Å². The van der Waals surface area contributed by atoms with Crippen LogP contribution in [0.1, 0.15) is 28.5 Å². The minimum Gasteiger partial charge on any atom is -0.485 e. The van der Waals surface area contributed by atoms with Crippen molar-refractivity contribution >= 4 is 29.0 Å². The summed E-state index contributed by atoms with van der Waals surface area (Å²) in [6, 6.07) is 17.9. The van der Waals surface area contributed by atoms with Gasteiger partial charge in [0.15, 0.2) is 0 Å². The highest BCUT2D eigenvalue weighted by Gasteiger charge is 2.11. The first-order chi connectivity index (χ1) is 16.9. The molecule has 2 amide bonds. The SMILES string of the molecule is CCOC(=O)c1ccc(NC(=O)Nc2ccccc2OCc2cc(=O)n3cc(C)ccc3n2)cc1. The molecule has 4 rings (SSSR count). The second-order valence-electron chi connectivity index (χ2n) is 7.68. The van der Waals surface area contributed by atoms with Gasteiger partial charge in [-0.05, 0) is 61.9 Å². The van der Waals surface area contributed by atoms with Gasteiger partial charge in [0.2, 0.25) is 0 Å². The van der Waals surface area contributed by atoms with Crippen molar-refractivity contribution in [2.45, 2.75) is 20.5 Å². The van der Waals surface area contributed by atoms with Gasteiger partial charge in [0, 0.05) is 18.0 Å². The number of anilines is 2. The Balaban J connectivity index is 1.41. The average molecular weight is 473 g/mol. The molecule has 0 aliphatic heterocycles. The zero-order chi connectivity index (χ0) is 24.8. The summed E-state index contributed by atoms with van der Waals surface area (Å²) in [5.74, 6) is -0.000460. The molecule has 2 heterocycles. The molecule has 0 bridgehead atoms. The third-order valence-electron chi connectivity index (χ3n) is 5.03. The summed E-state index contributed by atoms with van der Waals surface area (Å²) in [6.45, 7) is 3.98. The van der Waals surface area contributed by atoms with Gasteiger partial charge in [0.25, 0.3) is 5.56 Å². The van der Waals surface area contributed by atoms with Crippen LogP contribution in [0.3, 0.4) is 0 Å². The van der Waals surface area contributed by atoms with Gasteiger partial charge in [-0.25, -0.2) is 14.6 Å². The zero-order valence-electron chi connectivity index (χ0n) is 19.3. The second kappa shape index (κ2) is 10.5. The molecule has 9 nitrogen and oxygen atoms in total. The van der Waals surface area contributed by atoms with Gasteiger partial charge in [-0.2, -0.15) is 0 Å². The Morgan fingerprint density at radius 2 is 1.77 bits per heavy atom. The van der Waals surface area contributed by atoms with Gasteiger partial charge in [-0.3, -0.25) is 9.20 Å². The largest absolute Gasteiger partial charge is 0.485 e. The maximum atomic E-state index is 12.5. The van der Waals surface area contributed by atoms with Crippen molar-refractivity contribution < 1.29 is 19.1 Å². The number of urea groups is 1. The molecule has 0 radical (unpaired) electrons. The fourth-order valence-corrected chi connectivity index (χ4v) is 3.37. The number of nitrogens with zero attached hydrogens (tertiary/aromatic N) is 2. The van der Waals surface area contributed by atoms with E-state index in [0.29, 0.717) is 34.0 Å². The Bertz CT molecular complexity index is 1430. The Hall–Kier alpha value is -4.66. The van der Waals surface area contributed by atoms with Crippen molar-refractivity contribution in [2.75, 3.05) is 17.2 Å². The summed E-state index contributed by atoms with van der Waals surface area (Å²) in [6.07, 6.45) is 1.73. The normalized spacial score (nSPS) is 10.6. The van der Waals surface area contributed by atoms with E-state index in [1.54, 1.807) is 67.7 Å². The molecule has 0 spiro atoms. The Kier molecular flexibility index (Phi) is 7.06. The average Bonchev–Trinajstić information content (AvgIpc) is 2.84. The van der Waals surface area contributed by atoms with Crippen molar-refractivity contribution in [3.63, 3.8) is 0 Å². The van der Waals surface area contributed by atoms with Crippen LogP contribution in [-0.4, -0.2) is 28.0 Å². The summed E-state index contributed by atoms with van der Waals surface area (Å²) < 4.78 is 12.3. The molecule has 2 aromatic heterocycles. The van der Waals surface area contributed by atoms with Crippen LogP contribution in [0.25, 0.3) is 5.65 Å². The van der Waals surface area contributed by atoms with Crippen LogP contribution < -0.4 is 20.9 Å². The van der Waals surface area contributed by atoms with Gasteiger partial charge in [0.1, 0.15) is 18.0 Å². The smallest absolute Gasteiger partial charge is 0.338 e. The van der Waals surface area contributed by atoms with E-state index in [4.69, 9.17) is 9.47 Å². The molecular weight excluding hydrogens is 448 g/mol. The minimum absolute atomic E-state index is 0.0508. The number of aromatic nitrogens is 2. The lowest BCUT2D eigenvalue weighted by atomic mass is 10.2. The van der Waals surface area contributed by atoms with Crippen molar-refractivity contribution in [2.24, 2.45) is 0 Å². The molecule has 178 valence electrons. The lowest BCUT2D eigenvalue weighted by Gasteiger charge is -2.13. The molecule has 0 aliphatic rings. The highest BCUT2D eigenvalue weighted by Crippen LogP contribution is 2.25. The Labute approximate surface area is 201 Å². The quantitative estimate of drug-likeness (QED) is 0.386. The van der Waals surface area contributed by atoms with Crippen molar-refractivity contribution in [1.82, 2.24) is 9.38 Å². The summed E-state index contributed by atoms with van der Waals surface area (Å²) in [5, 5.41) is 5.45. The van der Waals surface area contributed by atoms with Gasteiger partial charge >= 0.3 is 12.0 Å². The summed E-state index contributed by atoms with van der Waals surface area (Å²) in [7, 11) is 0. The van der Waals surface area contributed by atoms with Crippen molar-refractivity contribution in [3.8, 4) is 5.75 Å². The first-order valence-electron chi connectivity index (χ1n) is 11.0. The summed E-state index contributed by atoms with van der Waals surface area (Å²) in [5.41, 5.74) is 3.11. The van der Waals surface area contributed by atoms with Gasteiger partial charge < -0.3 is 20.1 Å². The molecule has 9 heteroatoms. The molecule has 2 N–H and O–H groups in total. The highest BCUT2D eigenvalue weighted by molar-refractivity contribution is 6.01. The number of ether oxygens (including phenoxy) is 2. The number of aryl methyl sites for hydroxylation is 1. The number of carbonyl (C=O) groups is 2. The summed E-state index contributed by atoms with van der Waals surface area (Å²) >= 11 is 0. The van der Waals surface area contributed by atoms with Crippen molar-refractivity contribution in [3.05, 3.63) is 100 Å². The second-order valence-corrected chi connectivity index (χ2v) is 7.68. The maximum absolute atomic E-state index is 12.5. The number of para-hydroxylation sites is 2. The van der Waals surface area contributed by atoms with Crippen LogP contribution in [0.15, 0.2) is 77.7 Å². The summed E-state index contributed by atoms with van der Waals surface area (Å²) in [4.78, 5) is 41.2. The molecule has 0 aliphatic carbocycles. The van der Waals surface area contributed by atoms with Crippen LogP contribution in [0.4, 0.5) is 16.2 Å². The molecule has 0 atom stereocenters. The number of fused-ring (bicyclic) bond motifs is 1. The molecule has 0 saturated carbocycles. The fourth-order valence-electron chi connectivity index (χ4n) is 3.37. The van der Waals surface area contributed by atoms with Gasteiger partial charge in [-0.15, -0.1) is 0 Å². The third kappa shape index (κ3) is 5.83. The topological polar surface area (TPSA) is 111 Å². The van der Waals surface area contributed by atoms with Crippen LogP contribution in [0.5, 0.6) is 5.75 Å². The Morgan fingerprint density at radius 3 is 2.54 bits per heavy atom. The molecule has 35 heavy (non-hydrogen) atoms. The zero-order valence-corrected chi connectivity index (χ0v) is 19.3. The number of esters is 1. The van der Waals surface area contributed by atoms with Crippen LogP contribution in [0, 0.1) is 6.92 Å². The molecule has 2 aromatic carbocycles. The number of nitrogens with one attached hydrogen (secondary N) is 2. The fraction of sp³-hybridized carbons (Fsp3) is 0.154. The monoisotopic (exact) mass is 472 g/mol.